The number of benzene rings is 1. The van der Waals surface area contributed by atoms with Gasteiger partial charge in [-0.25, -0.2) is 8.42 Å². The van der Waals surface area contributed by atoms with E-state index < -0.39 is 10.0 Å². The Morgan fingerprint density at radius 1 is 1.37 bits per heavy atom. The molecule has 0 aliphatic carbocycles. The van der Waals surface area contributed by atoms with E-state index in [9.17, 15) is 13.5 Å². The number of nitrogen functional groups attached to an aromatic ring is 1. The lowest BCUT2D eigenvalue weighted by Gasteiger charge is -2.16. The molecule has 0 spiro atoms. The van der Waals surface area contributed by atoms with Crippen molar-refractivity contribution < 1.29 is 13.5 Å². The average Bonchev–Trinajstić information content (AvgIpc) is 2.79. The van der Waals surface area contributed by atoms with Gasteiger partial charge in [0.2, 0.25) is 0 Å². The molecule has 5 nitrogen and oxygen atoms in total. The topological polar surface area (TPSA) is 83.6 Å². The quantitative estimate of drug-likeness (QED) is 0.902. The predicted octanol–water partition coefficient (Wildman–Crippen LogP) is 1.86. The molecule has 3 N–H and O–H groups in total. The molecule has 0 amide bonds. The number of nitrogens with two attached hydrogens (primary N) is 1. The van der Waals surface area contributed by atoms with Gasteiger partial charge in [0.25, 0.3) is 10.0 Å². The SMILES string of the molecule is CN(Cc1ccccc1O)S(=O)(=O)c1cc(N)cs1. The Morgan fingerprint density at radius 3 is 2.63 bits per heavy atom. The summed E-state index contributed by atoms with van der Waals surface area (Å²) >= 11 is 1.08. The van der Waals surface area contributed by atoms with Gasteiger partial charge in [-0.15, -0.1) is 11.3 Å². The lowest BCUT2D eigenvalue weighted by atomic mass is 10.2. The number of hydrogen-bond acceptors (Lipinski definition) is 5. The first-order valence-electron chi connectivity index (χ1n) is 5.48. The van der Waals surface area contributed by atoms with Crippen molar-refractivity contribution in [1.29, 1.82) is 0 Å². The number of anilines is 1. The van der Waals surface area contributed by atoms with Gasteiger partial charge in [-0.05, 0) is 12.1 Å². The van der Waals surface area contributed by atoms with Crippen molar-refractivity contribution >= 4 is 27.0 Å². The van der Waals surface area contributed by atoms with Crippen molar-refractivity contribution in [2.75, 3.05) is 12.8 Å². The lowest BCUT2D eigenvalue weighted by molar-refractivity contribution is 0.436. The van der Waals surface area contributed by atoms with Crippen LogP contribution in [0, 0.1) is 0 Å². The molecule has 0 unspecified atom stereocenters. The third kappa shape index (κ3) is 2.89. The second-order valence-electron chi connectivity index (χ2n) is 4.09. The van der Waals surface area contributed by atoms with Crippen LogP contribution in [-0.4, -0.2) is 24.9 Å². The summed E-state index contributed by atoms with van der Waals surface area (Å²) in [4.78, 5) is 0. The Morgan fingerprint density at radius 2 is 2.05 bits per heavy atom. The van der Waals surface area contributed by atoms with E-state index in [0.717, 1.165) is 11.3 Å². The van der Waals surface area contributed by atoms with Gasteiger partial charge in [0.15, 0.2) is 0 Å². The van der Waals surface area contributed by atoms with Crippen LogP contribution in [0.2, 0.25) is 0 Å². The fourth-order valence-electron chi connectivity index (χ4n) is 1.59. The first-order valence-corrected chi connectivity index (χ1v) is 7.80. The fraction of sp³-hybridized carbons (Fsp3) is 0.167. The molecule has 0 radical (unpaired) electrons. The highest BCUT2D eigenvalue weighted by Crippen LogP contribution is 2.26. The molecule has 2 aromatic rings. The molecular weight excluding hydrogens is 284 g/mol. The van der Waals surface area contributed by atoms with Crippen molar-refractivity contribution in [3.63, 3.8) is 0 Å². The lowest BCUT2D eigenvalue weighted by Crippen LogP contribution is -2.25. The highest BCUT2D eigenvalue weighted by molar-refractivity contribution is 7.91. The summed E-state index contributed by atoms with van der Waals surface area (Å²) in [5.41, 5.74) is 6.52. The van der Waals surface area contributed by atoms with Crippen molar-refractivity contribution in [3.05, 3.63) is 41.3 Å². The van der Waals surface area contributed by atoms with E-state index in [-0.39, 0.29) is 16.5 Å². The third-order valence-electron chi connectivity index (χ3n) is 2.64. The molecule has 0 atom stereocenters. The number of sulfonamides is 1. The molecular formula is C12H14N2O3S2. The molecule has 7 heteroatoms. The van der Waals surface area contributed by atoms with E-state index in [4.69, 9.17) is 5.73 Å². The van der Waals surface area contributed by atoms with Crippen molar-refractivity contribution in [3.8, 4) is 5.75 Å². The molecule has 1 aromatic carbocycles. The zero-order chi connectivity index (χ0) is 14.0. The molecule has 0 bridgehead atoms. The number of para-hydroxylation sites is 1. The maximum Gasteiger partial charge on any atom is 0.252 e. The number of phenols is 1. The van der Waals surface area contributed by atoms with Crippen LogP contribution in [0.25, 0.3) is 0 Å². The number of rotatable bonds is 4. The van der Waals surface area contributed by atoms with Gasteiger partial charge in [0.05, 0.1) is 0 Å². The van der Waals surface area contributed by atoms with Crippen LogP contribution in [0.1, 0.15) is 5.56 Å². The first kappa shape index (κ1) is 13.9. The molecule has 2 rings (SSSR count). The summed E-state index contributed by atoms with van der Waals surface area (Å²) in [6, 6.07) is 8.08. The Kier molecular flexibility index (Phi) is 3.79. The maximum absolute atomic E-state index is 12.3. The molecule has 0 aliphatic heterocycles. The molecule has 0 fully saturated rings. The van der Waals surface area contributed by atoms with Gasteiger partial charge in [-0.2, -0.15) is 4.31 Å². The number of thiophene rings is 1. The Balaban J connectivity index is 2.25. The second-order valence-corrected chi connectivity index (χ2v) is 7.27. The third-order valence-corrected chi connectivity index (χ3v) is 5.88. The molecule has 0 aliphatic rings. The molecule has 1 aromatic heterocycles. The Hall–Kier alpha value is -1.57. The van der Waals surface area contributed by atoms with E-state index in [1.165, 1.54) is 23.5 Å². The van der Waals surface area contributed by atoms with Crippen molar-refractivity contribution in [2.24, 2.45) is 0 Å². The molecule has 0 saturated carbocycles. The normalized spacial score (nSPS) is 11.9. The van der Waals surface area contributed by atoms with E-state index in [2.05, 4.69) is 0 Å². The Bertz CT molecular complexity index is 680. The van der Waals surface area contributed by atoms with Crippen LogP contribution >= 0.6 is 11.3 Å². The van der Waals surface area contributed by atoms with Crippen molar-refractivity contribution in [1.82, 2.24) is 4.31 Å². The van der Waals surface area contributed by atoms with E-state index in [1.54, 1.807) is 23.6 Å². The minimum absolute atomic E-state index is 0.0789. The summed E-state index contributed by atoms with van der Waals surface area (Å²) in [7, 11) is -2.10. The van der Waals surface area contributed by atoms with Crippen molar-refractivity contribution in [2.45, 2.75) is 10.8 Å². The highest BCUT2D eigenvalue weighted by atomic mass is 32.2. The van der Waals surface area contributed by atoms with Crippen LogP contribution < -0.4 is 5.73 Å². The molecule has 0 saturated heterocycles. The van der Waals surface area contributed by atoms with Gasteiger partial charge in [0, 0.05) is 30.2 Å². The monoisotopic (exact) mass is 298 g/mol. The largest absolute Gasteiger partial charge is 0.508 e. The highest BCUT2D eigenvalue weighted by Gasteiger charge is 2.23. The van der Waals surface area contributed by atoms with Gasteiger partial charge in [0.1, 0.15) is 9.96 Å². The molecule has 1 heterocycles. The Labute approximate surface area is 116 Å². The van der Waals surface area contributed by atoms with Crippen LogP contribution in [0.4, 0.5) is 5.69 Å². The molecule has 102 valence electrons. The minimum atomic E-state index is -3.57. The first-order chi connectivity index (χ1) is 8.91. The molecule has 19 heavy (non-hydrogen) atoms. The smallest absolute Gasteiger partial charge is 0.252 e. The van der Waals surface area contributed by atoms with Crippen LogP contribution in [0.3, 0.4) is 0 Å². The zero-order valence-electron chi connectivity index (χ0n) is 10.3. The van der Waals surface area contributed by atoms with Gasteiger partial charge >= 0.3 is 0 Å². The summed E-state index contributed by atoms with van der Waals surface area (Å²) in [5, 5.41) is 11.2. The minimum Gasteiger partial charge on any atom is -0.508 e. The number of phenolic OH excluding ortho intramolecular Hbond substituents is 1. The van der Waals surface area contributed by atoms with E-state index in [0.29, 0.717) is 11.3 Å². The zero-order valence-corrected chi connectivity index (χ0v) is 11.9. The van der Waals surface area contributed by atoms with E-state index in [1.807, 2.05) is 0 Å². The fourth-order valence-corrected chi connectivity index (χ4v) is 4.03. The summed E-state index contributed by atoms with van der Waals surface area (Å²) < 4.78 is 25.9. The van der Waals surface area contributed by atoms with Gasteiger partial charge in [-0.3, -0.25) is 0 Å². The summed E-state index contributed by atoms with van der Waals surface area (Å²) in [6.45, 7) is 0.104. The summed E-state index contributed by atoms with van der Waals surface area (Å²) in [6.07, 6.45) is 0. The number of aromatic hydroxyl groups is 1. The van der Waals surface area contributed by atoms with Crippen LogP contribution in [-0.2, 0) is 16.6 Å². The van der Waals surface area contributed by atoms with Gasteiger partial charge < -0.3 is 10.8 Å². The van der Waals surface area contributed by atoms with Crippen LogP contribution in [0.15, 0.2) is 39.9 Å². The van der Waals surface area contributed by atoms with E-state index >= 15 is 0 Å². The number of nitrogens with zero attached hydrogens (tertiary/aromatic N) is 1. The number of hydrogen-bond donors (Lipinski definition) is 2. The summed E-state index contributed by atoms with van der Waals surface area (Å²) in [5.74, 6) is 0.0789. The second kappa shape index (κ2) is 5.20. The predicted molar refractivity (Wildman–Crippen MR) is 75.5 cm³/mol. The standard InChI is InChI=1S/C12H14N2O3S2/c1-14(7-9-4-2-3-5-11(9)15)19(16,17)12-6-10(13)8-18-12/h2-6,8,15H,7,13H2,1H3. The van der Waals surface area contributed by atoms with Gasteiger partial charge in [-0.1, -0.05) is 18.2 Å². The van der Waals surface area contributed by atoms with Crippen LogP contribution in [0.5, 0.6) is 5.75 Å². The maximum atomic E-state index is 12.3. The average molecular weight is 298 g/mol.